The van der Waals surface area contributed by atoms with Crippen LogP contribution < -0.4 is 5.32 Å². The molecule has 0 spiro atoms. The molecular formula is C13H11BrN2O. The second-order valence-electron chi connectivity index (χ2n) is 3.66. The molecule has 0 aliphatic carbocycles. The topological polar surface area (TPSA) is 42.0 Å². The quantitative estimate of drug-likeness (QED) is 0.921. The van der Waals surface area contributed by atoms with Gasteiger partial charge in [-0.3, -0.25) is 4.79 Å². The van der Waals surface area contributed by atoms with Gasteiger partial charge in [-0.05, 0) is 46.6 Å². The second kappa shape index (κ2) is 5.10. The molecule has 86 valence electrons. The molecule has 0 saturated carbocycles. The average Bonchev–Trinajstić information content (AvgIpc) is 2.34. The van der Waals surface area contributed by atoms with Gasteiger partial charge in [-0.2, -0.15) is 0 Å². The number of aromatic nitrogens is 1. The minimum Gasteiger partial charge on any atom is -0.306 e. The van der Waals surface area contributed by atoms with Crippen LogP contribution in [0.15, 0.2) is 47.1 Å². The highest BCUT2D eigenvalue weighted by Crippen LogP contribution is 2.20. The Morgan fingerprint density at radius 3 is 2.65 bits per heavy atom. The third-order valence-corrected chi connectivity index (χ3v) is 2.85. The molecule has 0 saturated heterocycles. The number of hydrogen-bond acceptors (Lipinski definition) is 2. The zero-order valence-electron chi connectivity index (χ0n) is 9.27. The smallest absolute Gasteiger partial charge is 0.256 e. The number of aryl methyl sites for hydroxylation is 1. The molecule has 0 bridgehead atoms. The lowest BCUT2D eigenvalue weighted by atomic mass is 10.2. The highest BCUT2D eigenvalue weighted by Gasteiger charge is 2.08. The molecule has 0 atom stereocenters. The molecule has 0 unspecified atom stereocenters. The van der Waals surface area contributed by atoms with Crippen molar-refractivity contribution in [1.29, 1.82) is 0 Å². The van der Waals surface area contributed by atoms with Crippen LogP contribution in [0.3, 0.4) is 0 Å². The van der Waals surface area contributed by atoms with Crippen LogP contribution >= 0.6 is 15.9 Å². The monoisotopic (exact) mass is 290 g/mol. The zero-order valence-corrected chi connectivity index (χ0v) is 10.9. The summed E-state index contributed by atoms with van der Waals surface area (Å²) in [5.41, 5.74) is 1.65. The molecule has 2 rings (SSSR count). The van der Waals surface area contributed by atoms with Crippen molar-refractivity contribution >= 4 is 27.7 Å². The molecule has 3 nitrogen and oxygen atoms in total. The van der Waals surface area contributed by atoms with Crippen LogP contribution in [0.2, 0.25) is 0 Å². The van der Waals surface area contributed by atoms with E-state index in [0.29, 0.717) is 11.4 Å². The van der Waals surface area contributed by atoms with Gasteiger partial charge in [-0.15, -0.1) is 0 Å². The number of benzene rings is 1. The number of pyridine rings is 1. The van der Waals surface area contributed by atoms with Crippen molar-refractivity contribution in [3.05, 3.63) is 58.2 Å². The molecule has 0 fully saturated rings. The zero-order chi connectivity index (χ0) is 12.3. The molecule has 1 amide bonds. The molecule has 1 aromatic carbocycles. The van der Waals surface area contributed by atoms with Gasteiger partial charge in [0.25, 0.3) is 5.91 Å². The molecule has 4 heteroatoms. The summed E-state index contributed by atoms with van der Waals surface area (Å²) in [5.74, 6) is 0.368. The van der Waals surface area contributed by atoms with Gasteiger partial charge in [0, 0.05) is 11.8 Å². The summed E-state index contributed by atoms with van der Waals surface area (Å²) in [4.78, 5) is 16.0. The van der Waals surface area contributed by atoms with Gasteiger partial charge in [0.15, 0.2) is 0 Å². The Labute approximate surface area is 108 Å². The maximum absolute atomic E-state index is 11.9. The SMILES string of the molecule is Cc1cnc(NC(=O)c2ccccc2)c(Br)c1. The minimum absolute atomic E-state index is 0.164. The summed E-state index contributed by atoms with van der Waals surface area (Å²) in [6.07, 6.45) is 1.71. The summed E-state index contributed by atoms with van der Waals surface area (Å²) in [5, 5.41) is 2.76. The predicted octanol–water partition coefficient (Wildman–Crippen LogP) is 3.40. The normalized spacial score (nSPS) is 10.0. The lowest BCUT2D eigenvalue weighted by Gasteiger charge is -2.06. The number of rotatable bonds is 2. The summed E-state index contributed by atoms with van der Waals surface area (Å²) in [7, 11) is 0. The van der Waals surface area contributed by atoms with Crippen LogP contribution in [0.1, 0.15) is 15.9 Å². The first-order valence-corrected chi connectivity index (χ1v) is 5.94. The number of carbonyl (C=O) groups excluding carboxylic acids is 1. The first kappa shape index (κ1) is 11.8. The maximum Gasteiger partial charge on any atom is 0.256 e. The summed E-state index contributed by atoms with van der Waals surface area (Å²) >= 11 is 3.37. The summed E-state index contributed by atoms with van der Waals surface area (Å²) in [6.45, 7) is 1.94. The molecule has 17 heavy (non-hydrogen) atoms. The fourth-order valence-electron chi connectivity index (χ4n) is 1.39. The van der Waals surface area contributed by atoms with E-state index in [1.165, 1.54) is 0 Å². The fourth-order valence-corrected chi connectivity index (χ4v) is 1.96. The van der Waals surface area contributed by atoms with E-state index in [-0.39, 0.29) is 5.91 Å². The molecule has 1 aromatic heterocycles. The van der Waals surface area contributed by atoms with Crippen molar-refractivity contribution in [3.8, 4) is 0 Å². The molecular weight excluding hydrogens is 280 g/mol. The molecule has 0 radical (unpaired) electrons. The van der Waals surface area contributed by atoms with Crippen molar-refractivity contribution in [1.82, 2.24) is 4.98 Å². The van der Waals surface area contributed by atoms with Crippen LogP contribution in [-0.4, -0.2) is 10.9 Å². The van der Waals surface area contributed by atoms with Crippen molar-refractivity contribution in [2.75, 3.05) is 5.32 Å². The van der Waals surface area contributed by atoms with E-state index in [4.69, 9.17) is 0 Å². The van der Waals surface area contributed by atoms with Crippen LogP contribution in [0.25, 0.3) is 0 Å². The van der Waals surface area contributed by atoms with E-state index < -0.39 is 0 Å². The van der Waals surface area contributed by atoms with E-state index in [9.17, 15) is 4.79 Å². The first-order valence-electron chi connectivity index (χ1n) is 5.15. The van der Waals surface area contributed by atoms with Gasteiger partial charge in [0.05, 0.1) is 4.47 Å². The van der Waals surface area contributed by atoms with Crippen LogP contribution in [0.5, 0.6) is 0 Å². The first-order chi connectivity index (χ1) is 8.16. The van der Waals surface area contributed by atoms with Crippen molar-refractivity contribution in [3.63, 3.8) is 0 Å². The minimum atomic E-state index is -0.164. The third-order valence-electron chi connectivity index (χ3n) is 2.25. The fraction of sp³-hybridized carbons (Fsp3) is 0.0769. The Bertz CT molecular complexity index is 540. The maximum atomic E-state index is 11.9. The van der Waals surface area contributed by atoms with Gasteiger partial charge in [0.1, 0.15) is 5.82 Å². The highest BCUT2D eigenvalue weighted by atomic mass is 79.9. The van der Waals surface area contributed by atoms with E-state index in [0.717, 1.165) is 10.0 Å². The van der Waals surface area contributed by atoms with E-state index in [1.54, 1.807) is 18.3 Å². The largest absolute Gasteiger partial charge is 0.306 e. The molecule has 2 aromatic rings. The van der Waals surface area contributed by atoms with E-state index in [2.05, 4.69) is 26.2 Å². The standard InChI is InChI=1S/C13H11BrN2O/c1-9-7-11(14)12(15-8-9)16-13(17)10-5-3-2-4-6-10/h2-8H,1H3,(H,15,16,17). The Kier molecular flexibility index (Phi) is 3.54. The van der Waals surface area contributed by atoms with Gasteiger partial charge < -0.3 is 5.32 Å². The lowest BCUT2D eigenvalue weighted by Crippen LogP contribution is -2.13. The van der Waals surface area contributed by atoms with E-state index in [1.807, 2.05) is 31.2 Å². The number of carbonyl (C=O) groups is 1. The van der Waals surface area contributed by atoms with Gasteiger partial charge in [0.2, 0.25) is 0 Å². The number of halogens is 1. The van der Waals surface area contributed by atoms with Crippen molar-refractivity contribution in [2.24, 2.45) is 0 Å². The Hall–Kier alpha value is -1.68. The molecule has 0 aliphatic heterocycles. The van der Waals surface area contributed by atoms with Gasteiger partial charge in [-0.1, -0.05) is 18.2 Å². The summed E-state index contributed by atoms with van der Waals surface area (Å²) < 4.78 is 0.779. The third kappa shape index (κ3) is 2.91. The summed E-state index contributed by atoms with van der Waals surface area (Å²) in [6, 6.07) is 11.0. The number of nitrogens with zero attached hydrogens (tertiary/aromatic N) is 1. The Balaban J connectivity index is 2.19. The lowest BCUT2D eigenvalue weighted by molar-refractivity contribution is 0.102. The van der Waals surface area contributed by atoms with Crippen molar-refractivity contribution in [2.45, 2.75) is 6.92 Å². The average molecular weight is 291 g/mol. The van der Waals surface area contributed by atoms with Crippen LogP contribution in [0, 0.1) is 6.92 Å². The van der Waals surface area contributed by atoms with Gasteiger partial charge in [-0.25, -0.2) is 4.98 Å². The van der Waals surface area contributed by atoms with Crippen molar-refractivity contribution < 1.29 is 4.79 Å². The second-order valence-corrected chi connectivity index (χ2v) is 4.52. The Morgan fingerprint density at radius 2 is 2.00 bits per heavy atom. The van der Waals surface area contributed by atoms with Gasteiger partial charge >= 0.3 is 0 Å². The number of hydrogen-bond donors (Lipinski definition) is 1. The van der Waals surface area contributed by atoms with Crippen LogP contribution in [-0.2, 0) is 0 Å². The predicted molar refractivity (Wildman–Crippen MR) is 71.1 cm³/mol. The van der Waals surface area contributed by atoms with Crippen LogP contribution in [0.4, 0.5) is 5.82 Å². The number of anilines is 1. The van der Waals surface area contributed by atoms with E-state index >= 15 is 0 Å². The number of amides is 1. The Morgan fingerprint density at radius 1 is 1.29 bits per heavy atom. The highest BCUT2D eigenvalue weighted by molar-refractivity contribution is 9.10. The number of nitrogens with one attached hydrogen (secondary N) is 1. The molecule has 1 N–H and O–H groups in total. The molecule has 0 aliphatic rings. The molecule has 1 heterocycles.